The Morgan fingerprint density at radius 3 is 2.50 bits per heavy atom. The largest absolute Gasteiger partial charge is 0.573 e. The number of halogens is 5. The van der Waals surface area contributed by atoms with Crippen LogP contribution in [0.15, 0.2) is 53.7 Å². The van der Waals surface area contributed by atoms with Crippen molar-refractivity contribution < 1.29 is 31.5 Å². The van der Waals surface area contributed by atoms with Gasteiger partial charge < -0.3 is 9.72 Å². The highest BCUT2D eigenvalue weighted by Gasteiger charge is 2.33. The van der Waals surface area contributed by atoms with Crippen LogP contribution < -0.4 is 10.3 Å². The molecular formula is C19H12F5N3O3. The molecule has 0 bridgehead atoms. The summed E-state index contributed by atoms with van der Waals surface area (Å²) in [6.07, 6.45) is -2.33. The molecule has 0 aliphatic rings. The number of alkyl halides is 3. The van der Waals surface area contributed by atoms with Crippen LogP contribution in [0.4, 0.5) is 22.0 Å². The molecule has 0 unspecified atom stereocenters. The average Bonchev–Trinajstić information content (AvgIpc) is 2.68. The highest BCUT2D eigenvalue weighted by Crippen LogP contribution is 2.33. The summed E-state index contributed by atoms with van der Waals surface area (Å²) in [6.45, 7) is 0. The predicted octanol–water partition coefficient (Wildman–Crippen LogP) is 3.75. The van der Waals surface area contributed by atoms with Crippen LogP contribution in [0, 0.1) is 11.6 Å². The zero-order valence-electron chi connectivity index (χ0n) is 14.9. The third-order valence-corrected chi connectivity index (χ3v) is 4.05. The Bertz CT molecular complexity index is 1110. The molecule has 6 nitrogen and oxygen atoms in total. The molecule has 0 fully saturated rings. The number of ether oxygens (including phenoxy) is 1. The van der Waals surface area contributed by atoms with Crippen molar-refractivity contribution in [2.75, 3.05) is 0 Å². The number of Topliss-reactive ketones (excluding diaryl/α,β-unsaturated/α-hetero) is 1. The van der Waals surface area contributed by atoms with Crippen LogP contribution in [0.25, 0.3) is 0 Å². The number of hydrogen-bond donors (Lipinski definition) is 1. The molecule has 0 spiro atoms. The van der Waals surface area contributed by atoms with Crippen molar-refractivity contribution in [3.05, 3.63) is 87.9 Å². The molecule has 0 saturated heterocycles. The maximum atomic E-state index is 14.3. The van der Waals surface area contributed by atoms with Gasteiger partial charge in [-0.2, -0.15) is 0 Å². The number of nitrogens with zero attached hydrogens (tertiary/aromatic N) is 2. The minimum Gasteiger partial charge on any atom is -0.403 e. The first-order chi connectivity index (χ1) is 14.1. The molecule has 0 saturated carbocycles. The number of aromatic nitrogens is 3. The average molecular weight is 425 g/mol. The Labute approximate surface area is 165 Å². The molecule has 1 atom stereocenters. The Balaban J connectivity index is 1.99. The van der Waals surface area contributed by atoms with Gasteiger partial charge >= 0.3 is 6.36 Å². The number of rotatable bonds is 6. The standard InChI is InChI=1S/C19H12F5N3O3/c20-12-2-1-5-25-18(12)11(7-15(28)14-8-27-17(29)9-26-14)10-3-4-16(13(21)6-10)30-19(22,23)24/h1-6,8-9,11H,7H2,(H,27,29)/t11-/m0/s1. The Hall–Kier alpha value is -3.63. The zero-order chi connectivity index (χ0) is 21.9. The first-order valence-electron chi connectivity index (χ1n) is 8.37. The van der Waals surface area contributed by atoms with Crippen molar-refractivity contribution in [2.24, 2.45) is 0 Å². The zero-order valence-corrected chi connectivity index (χ0v) is 14.9. The maximum Gasteiger partial charge on any atom is 0.573 e. The lowest BCUT2D eigenvalue weighted by atomic mass is 9.89. The van der Waals surface area contributed by atoms with Crippen molar-refractivity contribution in [1.29, 1.82) is 0 Å². The molecule has 0 amide bonds. The van der Waals surface area contributed by atoms with Crippen molar-refractivity contribution >= 4 is 5.78 Å². The molecule has 1 N–H and O–H groups in total. The van der Waals surface area contributed by atoms with E-state index in [9.17, 15) is 31.5 Å². The summed E-state index contributed by atoms with van der Waals surface area (Å²) in [5.74, 6) is -4.97. The predicted molar refractivity (Wildman–Crippen MR) is 92.9 cm³/mol. The fourth-order valence-electron chi connectivity index (χ4n) is 2.75. The Morgan fingerprint density at radius 2 is 1.90 bits per heavy atom. The lowest BCUT2D eigenvalue weighted by Gasteiger charge is -2.18. The molecule has 2 aromatic heterocycles. The van der Waals surface area contributed by atoms with Gasteiger partial charge in [0, 0.05) is 24.7 Å². The minimum atomic E-state index is -5.10. The molecule has 1 aromatic carbocycles. The third-order valence-electron chi connectivity index (χ3n) is 4.05. The number of carbonyl (C=O) groups is 1. The van der Waals surface area contributed by atoms with Crippen molar-refractivity contribution in [2.45, 2.75) is 18.7 Å². The van der Waals surface area contributed by atoms with Crippen molar-refractivity contribution in [1.82, 2.24) is 15.0 Å². The molecule has 0 aliphatic heterocycles. The molecule has 11 heteroatoms. The van der Waals surface area contributed by atoms with E-state index in [1.165, 1.54) is 12.3 Å². The monoisotopic (exact) mass is 425 g/mol. The van der Waals surface area contributed by atoms with E-state index in [0.717, 1.165) is 30.6 Å². The van der Waals surface area contributed by atoms with Gasteiger partial charge in [-0.1, -0.05) is 6.07 Å². The molecule has 0 aliphatic carbocycles. The molecule has 3 rings (SSSR count). The topological polar surface area (TPSA) is 84.9 Å². The summed E-state index contributed by atoms with van der Waals surface area (Å²) in [7, 11) is 0. The van der Waals surface area contributed by atoms with Crippen molar-refractivity contribution in [3.8, 4) is 5.75 Å². The van der Waals surface area contributed by atoms with Gasteiger partial charge in [0.15, 0.2) is 17.3 Å². The summed E-state index contributed by atoms with van der Waals surface area (Å²) in [5, 5.41) is 0. The van der Waals surface area contributed by atoms with Crippen LogP contribution >= 0.6 is 0 Å². The summed E-state index contributed by atoms with van der Waals surface area (Å²) in [4.78, 5) is 33.5. The molecule has 3 aromatic rings. The van der Waals surface area contributed by atoms with E-state index in [0.29, 0.717) is 6.07 Å². The van der Waals surface area contributed by atoms with Crippen LogP contribution in [0.2, 0.25) is 0 Å². The number of carbonyl (C=O) groups excluding carboxylic acids is 1. The Morgan fingerprint density at radius 1 is 1.13 bits per heavy atom. The number of hydrogen-bond acceptors (Lipinski definition) is 5. The number of aromatic amines is 1. The second kappa shape index (κ2) is 8.39. The van der Waals surface area contributed by atoms with Gasteiger partial charge in [0.1, 0.15) is 11.5 Å². The van der Waals surface area contributed by atoms with E-state index in [-0.39, 0.29) is 17.0 Å². The number of benzene rings is 1. The number of pyridine rings is 1. The minimum absolute atomic E-state index is 0.00241. The van der Waals surface area contributed by atoms with Gasteiger partial charge in [0.25, 0.3) is 5.56 Å². The van der Waals surface area contributed by atoms with E-state index in [2.05, 4.69) is 19.7 Å². The van der Waals surface area contributed by atoms with Gasteiger partial charge in [-0.15, -0.1) is 13.2 Å². The highest BCUT2D eigenvalue weighted by atomic mass is 19.4. The van der Waals surface area contributed by atoms with E-state index < -0.39 is 47.4 Å². The maximum absolute atomic E-state index is 14.3. The summed E-state index contributed by atoms with van der Waals surface area (Å²) in [5.41, 5.74) is -0.883. The van der Waals surface area contributed by atoms with E-state index in [1.807, 2.05) is 0 Å². The molecular weight excluding hydrogens is 413 g/mol. The van der Waals surface area contributed by atoms with Crippen molar-refractivity contribution in [3.63, 3.8) is 0 Å². The van der Waals surface area contributed by atoms with Gasteiger partial charge in [-0.3, -0.25) is 14.6 Å². The fraction of sp³-hybridized carbons (Fsp3) is 0.158. The fourth-order valence-corrected chi connectivity index (χ4v) is 2.75. The molecule has 0 radical (unpaired) electrons. The van der Waals surface area contributed by atoms with Gasteiger partial charge in [-0.25, -0.2) is 13.8 Å². The quantitative estimate of drug-likeness (QED) is 0.480. The lowest BCUT2D eigenvalue weighted by molar-refractivity contribution is -0.275. The number of nitrogens with one attached hydrogen (secondary N) is 1. The van der Waals surface area contributed by atoms with Crippen LogP contribution in [-0.4, -0.2) is 27.1 Å². The van der Waals surface area contributed by atoms with E-state index >= 15 is 0 Å². The summed E-state index contributed by atoms with van der Waals surface area (Å²) >= 11 is 0. The normalized spacial score (nSPS) is 12.4. The second-order valence-corrected chi connectivity index (χ2v) is 6.08. The van der Waals surface area contributed by atoms with Gasteiger partial charge in [-0.05, 0) is 29.8 Å². The Kier molecular flexibility index (Phi) is 5.90. The molecule has 156 valence electrons. The summed E-state index contributed by atoms with van der Waals surface area (Å²) in [6, 6.07) is 4.91. The van der Waals surface area contributed by atoms with Gasteiger partial charge in [0.05, 0.1) is 11.9 Å². The first-order valence-corrected chi connectivity index (χ1v) is 8.37. The number of H-pyrrole nitrogens is 1. The van der Waals surface area contributed by atoms with Crippen LogP contribution in [0.5, 0.6) is 5.75 Å². The van der Waals surface area contributed by atoms with Crippen LogP contribution in [0.1, 0.15) is 34.1 Å². The van der Waals surface area contributed by atoms with Gasteiger partial charge in [0.2, 0.25) is 0 Å². The smallest absolute Gasteiger partial charge is 0.403 e. The lowest BCUT2D eigenvalue weighted by Crippen LogP contribution is -2.18. The van der Waals surface area contributed by atoms with E-state index in [1.54, 1.807) is 0 Å². The number of ketones is 1. The molecule has 30 heavy (non-hydrogen) atoms. The summed E-state index contributed by atoms with van der Waals surface area (Å²) < 4.78 is 69.2. The highest BCUT2D eigenvalue weighted by molar-refractivity contribution is 5.94. The van der Waals surface area contributed by atoms with Crippen LogP contribution in [0.3, 0.4) is 0 Å². The SMILES string of the molecule is O=C(C[C@@H](c1ccc(OC(F)(F)F)c(F)c1)c1ncccc1F)c1c[nH]c(=O)cn1. The van der Waals surface area contributed by atoms with Crippen LogP contribution in [-0.2, 0) is 0 Å². The molecule has 2 heterocycles. The second-order valence-electron chi connectivity index (χ2n) is 6.08. The van der Waals surface area contributed by atoms with E-state index in [4.69, 9.17) is 0 Å². The first kappa shape index (κ1) is 21.1. The third kappa shape index (κ3) is 5.04.